The molecule has 0 bridgehead atoms. The third-order valence-electron chi connectivity index (χ3n) is 2.98. The fraction of sp³-hybridized carbons (Fsp3) is 0.818. The largest absolute Gasteiger partial charge is 0.354 e. The average molecular weight is 352 g/mol. The Morgan fingerprint density at radius 2 is 2.24 bits per heavy atom. The van der Waals surface area contributed by atoms with Gasteiger partial charge in [-0.25, -0.2) is 0 Å². The third kappa shape index (κ3) is 5.10. The molecule has 0 aromatic heterocycles. The topological polar surface area (TPSA) is 65.5 Å². The number of carbonyl (C=O) groups excluding carboxylic acids is 1. The normalized spacial score (nSPS) is 24.6. The fourth-order valence-electron chi connectivity index (χ4n) is 1.87. The molecule has 0 aromatic carbocycles. The highest BCUT2D eigenvalue weighted by Crippen LogP contribution is 2.18. The van der Waals surface area contributed by atoms with E-state index >= 15 is 0 Å². The Bertz CT molecular complexity index is 291. The lowest BCUT2D eigenvalue weighted by Crippen LogP contribution is -2.49. The summed E-state index contributed by atoms with van der Waals surface area (Å²) < 4.78 is 0. The number of nitrogens with one attached hydrogen (secondary N) is 3. The summed E-state index contributed by atoms with van der Waals surface area (Å²) in [6.07, 6.45) is 5.19. The van der Waals surface area contributed by atoms with E-state index in [4.69, 9.17) is 0 Å². The first kappa shape index (κ1) is 14.5. The van der Waals surface area contributed by atoms with Crippen molar-refractivity contribution in [2.24, 2.45) is 4.99 Å². The van der Waals surface area contributed by atoms with Crippen LogP contribution < -0.4 is 16.0 Å². The van der Waals surface area contributed by atoms with Crippen molar-refractivity contribution in [2.45, 2.75) is 44.2 Å². The van der Waals surface area contributed by atoms with Crippen LogP contribution in [-0.2, 0) is 4.79 Å². The summed E-state index contributed by atoms with van der Waals surface area (Å²) in [6, 6.07) is 0.853. The average Bonchev–Trinajstić information content (AvgIpc) is 3.08. The first-order valence-electron chi connectivity index (χ1n) is 6.04. The molecule has 1 saturated heterocycles. The summed E-state index contributed by atoms with van der Waals surface area (Å²) in [7, 11) is 1.77. The molecule has 2 aliphatic rings. The van der Waals surface area contributed by atoms with Crippen molar-refractivity contribution in [3.05, 3.63) is 0 Å². The van der Waals surface area contributed by atoms with Crippen LogP contribution in [0.15, 0.2) is 4.99 Å². The predicted octanol–water partition coefficient (Wildman–Crippen LogP) is 0.600. The van der Waals surface area contributed by atoms with Crippen LogP contribution in [0.3, 0.4) is 0 Å². The number of nitrogens with zero attached hydrogens (tertiary/aromatic N) is 1. The van der Waals surface area contributed by atoms with E-state index in [1.165, 1.54) is 12.8 Å². The van der Waals surface area contributed by atoms with E-state index in [1.807, 2.05) is 0 Å². The van der Waals surface area contributed by atoms with Crippen molar-refractivity contribution in [1.82, 2.24) is 16.0 Å². The summed E-state index contributed by atoms with van der Waals surface area (Å²) in [6.45, 7) is 0.762. The van der Waals surface area contributed by atoms with Gasteiger partial charge in [-0.05, 0) is 25.7 Å². The van der Waals surface area contributed by atoms with Gasteiger partial charge in [0, 0.05) is 32.1 Å². The second-order valence-corrected chi connectivity index (χ2v) is 4.53. The van der Waals surface area contributed by atoms with Gasteiger partial charge < -0.3 is 16.0 Å². The van der Waals surface area contributed by atoms with Gasteiger partial charge in [-0.3, -0.25) is 9.79 Å². The lowest BCUT2D eigenvalue weighted by atomic mass is 10.0. The fourth-order valence-corrected chi connectivity index (χ4v) is 1.87. The monoisotopic (exact) mass is 352 g/mol. The molecule has 0 radical (unpaired) electrons. The molecule has 98 valence electrons. The minimum absolute atomic E-state index is 0. The van der Waals surface area contributed by atoms with E-state index in [0.717, 1.165) is 25.3 Å². The van der Waals surface area contributed by atoms with Crippen LogP contribution in [0.1, 0.15) is 32.1 Å². The molecule has 1 heterocycles. The zero-order valence-corrected chi connectivity index (χ0v) is 12.5. The number of hydrogen-bond acceptors (Lipinski definition) is 2. The summed E-state index contributed by atoms with van der Waals surface area (Å²) in [4.78, 5) is 15.3. The Morgan fingerprint density at radius 3 is 2.82 bits per heavy atom. The highest BCUT2D eigenvalue weighted by atomic mass is 127. The van der Waals surface area contributed by atoms with Gasteiger partial charge in [-0.1, -0.05) is 0 Å². The minimum Gasteiger partial charge on any atom is -0.354 e. The second-order valence-electron chi connectivity index (χ2n) is 4.53. The smallest absolute Gasteiger partial charge is 0.220 e. The maximum atomic E-state index is 11.2. The molecule has 0 spiro atoms. The maximum Gasteiger partial charge on any atom is 0.220 e. The molecule has 17 heavy (non-hydrogen) atoms. The Labute approximate surface area is 119 Å². The zero-order chi connectivity index (χ0) is 11.4. The van der Waals surface area contributed by atoms with Crippen LogP contribution in [0.25, 0.3) is 0 Å². The van der Waals surface area contributed by atoms with E-state index in [9.17, 15) is 4.79 Å². The van der Waals surface area contributed by atoms with Crippen LogP contribution in [-0.4, -0.2) is 37.5 Å². The van der Waals surface area contributed by atoms with Gasteiger partial charge in [-0.2, -0.15) is 0 Å². The summed E-state index contributed by atoms with van der Waals surface area (Å²) in [5.74, 6) is 1.02. The molecule has 1 aliphatic carbocycles. The Kier molecular flexibility index (Phi) is 6.01. The standard InChI is InChI=1S/C11H20N4O.HI/c1-12-11(15-8-5-6-8)13-7-9-3-2-4-10(16)14-9;/h8-9H,2-7H2,1H3,(H,14,16)(H2,12,13,15);1H. The quantitative estimate of drug-likeness (QED) is 0.396. The van der Waals surface area contributed by atoms with E-state index < -0.39 is 0 Å². The van der Waals surface area contributed by atoms with Gasteiger partial charge in [0.15, 0.2) is 5.96 Å². The number of piperidine rings is 1. The van der Waals surface area contributed by atoms with E-state index in [1.54, 1.807) is 7.05 Å². The van der Waals surface area contributed by atoms with Crippen molar-refractivity contribution >= 4 is 35.8 Å². The number of carbonyl (C=O) groups is 1. The number of guanidine groups is 1. The number of rotatable bonds is 3. The van der Waals surface area contributed by atoms with Crippen LogP contribution in [0.4, 0.5) is 0 Å². The van der Waals surface area contributed by atoms with Gasteiger partial charge >= 0.3 is 0 Å². The Hall–Kier alpha value is -0.530. The van der Waals surface area contributed by atoms with Crippen LogP contribution in [0.2, 0.25) is 0 Å². The molecule has 0 aromatic rings. The van der Waals surface area contributed by atoms with E-state index in [-0.39, 0.29) is 35.9 Å². The van der Waals surface area contributed by atoms with Gasteiger partial charge in [0.25, 0.3) is 0 Å². The molecule has 2 rings (SSSR count). The Morgan fingerprint density at radius 1 is 1.47 bits per heavy atom. The molecule has 1 aliphatic heterocycles. The lowest BCUT2D eigenvalue weighted by Gasteiger charge is -2.24. The van der Waals surface area contributed by atoms with Crippen LogP contribution >= 0.6 is 24.0 Å². The molecular weight excluding hydrogens is 331 g/mol. The van der Waals surface area contributed by atoms with Crippen LogP contribution in [0, 0.1) is 0 Å². The molecular formula is C11H21IN4O. The summed E-state index contributed by atoms with van der Waals surface area (Å²) in [5, 5.41) is 9.55. The van der Waals surface area contributed by atoms with Gasteiger partial charge in [-0.15, -0.1) is 24.0 Å². The van der Waals surface area contributed by atoms with Crippen molar-refractivity contribution in [1.29, 1.82) is 0 Å². The summed E-state index contributed by atoms with van der Waals surface area (Å²) in [5.41, 5.74) is 0. The summed E-state index contributed by atoms with van der Waals surface area (Å²) >= 11 is 0. The van der Waals surface area contributed by atoms with Gasteiger partial charge in [0.05, 0.1) is 0 Å². The number of amides is 1. The molecule has 3 N–H and O–H groups in total. The van der Waals surface area contributed by atoms with Crippen LogP contribution in [0.5, 0.6) is 0 Å². The molecule has 6 heteroatoms. The highest BCUT2D eigenvalue weighted by Gasteiger charge is 2.23. The molecule has 5 nitrogen and oxygen atoms in total. The SMILES string of the molecule is CN=C(NCC1CCCC(=O)N1)NC1CC1.I. The van der Waals surface area contributed by atoms with Crippen molar-refractivity contribution in [3.63, 3.8) is 0 Å². The van der Waals surface area contributed by atoms with Crippen molar-refractivity contribution < 1.29 is 4.79 Å². The number of hydrogen-bond donors (Lipinski definition) is 3. The molecule has 2 fully saturated rings. The molecule has 1 amide bonds. The lowest BCUT2D eigenvalue weighted by molar-refractivity contribution is -0.123. The molecule has 1 saturated carbocycles. The highest BCUT2D eigenvalue weighted by molar-refractivity contribution is 14.0. The van der Waals surface area contributed by atoms with Gasteiger partial charge in [0.2, 0.25) is 5.91 Å². The maximum absolute atomic E-state index is 11.2. The van der Waals surface area contributed by atoms with Crippen molar-refractivity contribution in [2.75, 3.05) is 13.6 Å². The third-order valence-corrected chi connectivity index (χ3v) is 2.98. The van der Waals surface area contributed by atoms with Crippen molar-refractivity contribution in [3.8, 4) is 0 Å². The predicted molar refractivity (Wildman–Crippen MR) is 78.7 cm³/mol. The first-order chi connectivity index (χ1) is 7.78. The zero-order valence-electron chi connectivity index (χ0n) is 10.2. The Balaban J connectivity index is 0.00000144. The molecule has 1 atom stereocenters. The number of aliphatic imine (C=N–C) groups is 1. The number of halogens is 1. The minimum atomic E-state index is 0. The van der Waals surface area contributed by atoms with E-state index in [0.29, 0.717) is 12.5 Å². The van der Waals surface area contributed by atoms with E-state index in [2.05, 4.69) is 20.9 Å². The molecule has 1 unspecified atom stereocenters. The van der Waals surface area contributed by atoms with Gasteiger partial charge in [0.1, 0.15) is 0 Å². The second kappa shape index (κ2) is 7.03. The first-order valence-corrected chi connectivity index (χ1v) is 6.04.